The first-order valence-electron chi connectivity index (χ1n) is 15.7. The summed E-state index contributed by atoms with van der Waals surface area (Å²) < 4.78 is 19.6. The summed E-state index contributed by atoms with van der Waals surface area (Å²) in [4.78, 5) is 60.2. The van der Waals surface area contributed by atoms with Gasteiger partial charge in [0.25, 0.3) is 11.6 Å². The molecule has 2 amide bonds. The zero-order chi connectivity index (χ0) is 30.8. The van der Waals surface area contributed by atoms with Crippen LogP contribution in [-0.4, -0.2) is 70.4 Å². The van der Waals surface area contributed by atoms with Crippen molar-refractivity contribution in [3.05, 3.63) is 45.2 Å². The van der Waals surface area contributed by atoms with E-state index >= 15 is 0 Å². The highest BCUT2D eigenvalue weighted by Crippen LogP contribution is 2.34. The van der Waals surface area contributed by atoms with Gasteiger partial charge in [-0.05, 0) is 75.0 Å². The smallest absolute Gasteiger partial charge is 0.408 e. The number of nitrogens with one attached hydrogen (secondary N) is 1. The van der Waals surface area contributed by atoms with Gasteiger partial charge in [-0.3, -0.25) is 14.2 Å². The zero-order valence-corrected chi connectivity index (χ0v) is 26.5. The molecule has 0 unspecified atom stereocenters. The highest BCUT2D eigenvalue weighted by atomic mass is 79.9. The van der Waals surface area contributed by atoms with Crippen LogP contribution in [-0.2, 0) is 25.6 Å². The van der Waals surface area contributed by atoms with Gasteiger partial charge in [-0.25, -0.2) is 9.59 Å². The number of amides is 2. The third-order valence-electron chi connectivity index (χ3n) is 9.59. The maximum atomic E-state index is 14.2. The molecule has 5 atom stereocenters. The standard InChI is InChI=1S/C32H39BrN4O7/c1-42-30(40)25-17-22-18-37(25)29(39)27(20-9-4-5-10-20)35-32(41)44-26-12-7-11-19(26)8-3-2-6-15-36-28(38)23-14-13-21(33)16-24(23)34-31(36)43-22/h2,6,13-14,16,19-20,22,25-27H,3-5,7-12,15,17-18H2,1H3,(H,35,41)/b6-2+/t19-,22-,25+,26-,27+/m1/s1. The normalized spacial score (nSPS) is 29.1. The molecule has 1 saturated heterocycles. The number of ether oxygens (including phenoxy) is 3. The number of nitrogens with zero attached hydrogens (tertiary/aromatic N) is 3. The van der Waals surface area contributed by atoms with E-state index in [0.717, 1.165) is 62.3 Å². The molecule has 4 aliphatic rings. The van der Waals surface area contributed by atoms with Crippen molar-refractivity contribution in [2.75, 3.05) is 13.7 Å². The minimum Gasteiger partial charge on any atom is -0.467 e. The van der Waals surface area contributed by atoms with Crippen LogP contribution in [0.3, 0.4) is 0 Å². The SMILES string of the molecule is COC(=O)[C@@H]1C[C@@H]2CN1C(=O)[C@H](C1CCCC1)NC(=O)O[C@@H]1CCC[C@H]1CC/C=C/Cn1c(nc3cc(Br)ccc3c1=O)O2. The Morgan fingerprint density at radius 3 is 2.61 bits per heavy atom. The van der Waals surface area contributed by atoms with Gasteiger partial charge in [0.15, 0.2) is 0 Å². The third kappa shape index (κ3) is 6.36. The largest absolute Gasteiger partial charge is 0.467 e. The Morgan fingerprint density at radius 1 is 1.02 bits per heavy atom. The van der Waals surface area contributed by atoms with Gasteiger partial charge in [0.2, 0.25) is 5.91 Å². The number of hydrogen-bond donors (Lipinski definition) is 1. The van der Waals surface area contributed by atoms with Crippen LogP contribution in [0, 0.1) is 11.8 Å². The van der Waals surface area contributed by atoms with Crippen LogP contribution in [0.2, 0.25) is 0 Å². The number of rotatable bonds is 2. The lowest BCUT2D eigenvalue weighted by molar-refractivity contribution is -0.152. The number of carbonyl (C=O) groups is 3. The van der Waals surface area contributed by atoms with Gasteiger partial charge in [0, 0.05) is 17.4 Å². The molecule has 44 heavy (non-hydrogen) atoms. The number of benzene rings is 1. The summed E-state index contributed by atoms with van der Waals surface area (Å²) >= 11 is 3.46. The summed E-state index contributed by atoms with van der Waals surface area (Å²) in [6, 6.07) is 3.69. The van der Waals surface area contributed by atoms with Crippen LogP contribution >= 0.6 is 15.9 Å². The van der Waals surface area contributed by atoms with E-state index < -0.39 is 30.3 Å². The van der Waals surface area contributed by atoms with Crippen molar-refractivity contribution in [3.63, 3.8) is 0 Å². The quantitative estimate of drug-likeness (QED) is 0.366. The molecule has 0 radical (unpaired) electrons. The molecule has 1 N–H and O–H groups in total. The summed E-state index contributed by atoms with van der Waals surface area (Å²) in [5.41, 5.74) is 0.244. The number of aromatic nitrogens is 2. The molecule has 12 heteroatoms. The summed E-state index contributed by atoms with van der Waals surface area (Å²) in [6.45, 7) is 0.325. The fraction of sp³-hybridized carbons (Fsp3) is 0.594. The predicted octanol–water partition coefficient (Wildman–Crippen LogP) is 4.48. The molecule has 3 heterocycles. The summed E-state index contributed by atoms with van der Waals surface area (Å²) in [5, 5.41) is 3.38. The van der Waals surface area contributed by atoms with E-state index in [1.54, 1.807) is 18.2 Å². The maximum Gasteiger partial charge on any atom is 0.408 e. The molecule has 3 fully saturated rings. The second kappa shape index (κ2) is 13.3. The van der Waals surface area contributed by atoms with Crippen LogP contribution < -0.4 is 15.6 Å². The molecular formula is C32H39BrN4O7. The summed E-state index contributed by atoms with van der Waals surface area (Å²) in [5.74, 6) is -0.757. The molecule has 2 aromatic rings. The second-order valence-electron chi connectivity index (χ2n) is 12.3. The third-order valence-corrected chi connectivity index (χ3v) is 10.1. The topological polar surface area (TPSA) is 129 Å². The number of allylic oxidation sites excluding steroid dienone is 2. The van der Waals surface area contributed by atoms with Crippen molar-refractivity contribution in [1.82, 2.24) is 19.8 Å². The number of carbonyl (C=O) groups excluding carboxylic acids is 3. The average molecular weight is 672 g/mol. The minimum atomic E-state index is -0.907. The lowest BCUT2D eigenvalue weighted by Gasteiger charge is -2.31. The summed E-state index contributed by atoms with van der Waals surface area (Å²) in [7, 11) is 1.29. The van der Waals surface area contributed by atoms with Gasteiger partial charge in [0.1, 0.15) is 24.3 Å². The number of hydrogen-bond acceptors (Lipinski definition) is 8. The molecule has 1 aromatic heterocycles. The molecule has 1 aromatic carbocycles. The molecule has 11 nitrogen and oxygen atoms in total. The molecule has 2 aliphatic carbocycles. The van der Waals surface area contributed by atoms with Crippen molar-refractivity contribution in [1.29, 1.82) is 0 Å². The first-order valence-corrected chi connectivity index (χ1v) is 16.5. The van der Waals surface area contributed by atoms with Crippen LogP contribution in [0.15, 0.2) is 39.6 Å². The highest BCUT2D eigenvalue weighted by Gasteiger charge is 2.46. The van der Waals surface area contributed by atoms with Gasteiger partial charge in [-0.1, -0.05) is 40.9 Å². The molecular weight excluding hydrogens is 632 g/mol. The Morgan fingerprint density at radius 2 is 1.82 bits per heavy atom. The van der Waals surface area contributed by atoms with Crippen molar-refractivity contribution in [2.24, 2.45) is 11.8 Å². The fourth-order valence-electron chi connectivity index (χ4n) is 7.31. The van der Waals surface area contributed by atoms with Crippen LogP contribution in [0.5, 0.6) is 6.01 Å². The number of alkyl carbamates (subject to hydrolysis) is 1. The van der Waals surface area contributed by atoms with Crippen molar-refractivity contribution in [3.8, 4) is 6.01 Å². The van der Waals surface area contributed by atoms with E-state index in [2.05, 4.69) is 21.2 Å². The Labute approximate surface area is 264 Å². The van der Waals surface area contributed by atoms with Crippen molar-refractivity contribution < 1.29 is 28.6 Å². The summed E-state index contributed by atoms with van der Waals surface area (Å²) in [6.07, 6.45) is 10.6. The Hall–Kier alpha value is -3.41. The monoisotopic (exact) mass is 670 g/mol. The Balaban J connectivity index is 1.38. The fourth-order valence-corrected chi connectivity index (χ4v) is 7.65. The second-order valence-corrected chi connectivity index (χ2v) is 13.2. The number of halogens is 1. The predicted molar refractivity (Wildman–Crippen MR) is 165 cm³/mol. The zero-order valence-electron chi connectivity index (χ0n) is 24.9. The lowest BCUT2D eigenvalue weighted by atomic mass is 9.96. The highest BCUT2D eigenvalue weighted by molar-refractivity contribution is 9.10. The van der Waals surface area contributed by atoms with Crippen LogP contribution in [0.4, 0.5) is 4.79 Å². The maximum absolute atomic E-state index is 14.2. The molecule has 2 bridgehead atoms. The van der Waals surface area contributed by atoms with Crippen LogP contribution in [0.1, 0.15) is 64.2 Å². The van der Waals surface area contributed by atoms with Gasteiger partial charge >= 0.3 is 12.1 Å². The van der Waals surface area contributed by atoms with Gasteiger partial charge in [-0.2, -0.15) is 4.98 Å². The minimum absolute atomic E-state index is 0.0609. The van der Waals surface area contributed by atoms with E-state index in [0.29, 0.717) is 10.9 Å². The van der Waals surface area contributed by atoms with E-state index in [-0.39, 0.29) is 54.9 Å². The van der Waals surface area contributed by atoms with E-state index in [4.69, 9.17) is 19.2 Å². The number of esters is 1. The van der Waals surface area contributed by atoms with Crippen molar-refractivity contribution in [2.45, 2.75) is 95.0 Å². The average Bonchev–Trinajstić information content (AvgIpc) is 3.78. The van der Waals surface area contributed by atoms with E-state index in [1.165, 1.54) is 16.6 Å². The Kier molecular flexibility index (Phi) is 9.25. The molecule has 6 rings (SSSR count). The van der Waals surface area contributed by atoms with Gasteiger partial charge in [-0.15, -0.1) is 0 Å². The molecule has 2 aliphatic heterocycles. The van der Waals surface area contributed by atoms with Gasteiger partial charge < -0.3 is 24.4 Å². The Bertz CT molecular complexity index is 1500. The molecule has 236 valence electrons. The molecule has 2 saturated carbocycles. The number of fused-ring (bicyclic) bond motifs is 5. The van der Waals surface area contributed by atoms with Crippen molar-refractivity contribution >= 4 is 44.8 Å². The van der Waals surface area contributed by atoms with E-state index in [9.17, 15) is 19.2 Å². The van der Waals surface area contributed by atoms with Crippen LogP contribution in [0.25, 0.3) is 10.9 Å². The van der Waals surface area contributed by atoms with E-state index in [1.807, 2.05) is 12.2 Å². The number of methoxy groups -OCH3 is 1. The first kappa shape index (κ1) is 30.6. The van der Waals surface area contributed by atoms with Gasteiger partial charge in [0.05, 0.1) is 24.6 Å². The molecule has 0 spiro atoms. The first-order chi connectivity index (χ1) is 21.3. The lowest BCUT2D eigenvalue weighted by Crippen LogP contribution is -2.55.